The Morgan fingerprint density at radius 2 is 2.17 bits per heavy atom. The third-order valence-corrected chi connectivity index (χ3v) is 3.76. The van der Waals surface area contributed by atoms with Crippen molar-refractivity contribution in [2.24, 2.45) is 7.05 Å². The molecule has 2 heterocycles. The molecule has 1 aromatic carbocycles. The fraction of sp³-hybridized carbons (Fsp3) is 0.312. The first-order valence-electron chi connectivity index (χ1n) is 7.58. The Bertz CT molecular complexity index is 771. The van der Waals surface area contributed by atoms with Gasteiger partial charge in [-0.05, 0) is 12.1 Å². The summed E-state index contributed by atoms with van der Waals surface area (Å²) in [4.78, 5) is 26.1. The predicted molar refractivity (Wildman–Crippen MR) is 89.4 cm³/mol. The zero-order valence-corrected chi connectivity index (χ0v) is 13.6. The van der Waals surface area contributed by atoms with Crippen LogP contribution in [0, 0.1) is 0 Å². The van der Waals surface area contributed by atoms with E-state index in [4.69, 9.17) is 4.74 Å². The molecule has 1 aliphatic rings. The van der Waals surface area contributed by atoms with Crippen LogP contribution in [0.25, 0.3) is 0 Å². The summed E-state index contributed by atoms with van der Waals surface area (Å²) in [6, 6.07) is 7.41. The number of carbonyl (C=O) groups excluding carboxylic acids is 2. The van der Waals surface area contributed by atoms with Crippen LogP contribution in [0.3, 0.4) is 0 Å². The number of amides is 2. The molecule has 1 fully saturated rings. The molecule has 2 N–H and O–H groups in total. The first-order chi connectivity index (χ1) is 11.6. The van der Waals surface area contributed by atoms with Gasteiger partial charge in [-0.25, -0.2) is 0 Å². The number of methoxy groups -OCH3 is 1. The number of para-hydroxylation sites is 2. The molecule has 1 aliphatic heterocycles. The third kappa shape index (κ3) is 3.17. The van der Waals surface area contributed by atoms with Crippen molar-refractivity contribution in [1.29, 1.82) is 0 Å². The summed E-state index contributed by atoms with van der Waals surface area (Å²) in [5.41, 5.74) is 1.80. The molecule has 0 aliphatic carbocycles. The highest BCUT2D eigenvalue weighted by atomic mass is 16.5. The number of nitrogens with zero attached hydrogens (tertiary/aromatic N) is 3. The molecule has 1 saturated heterocycles. The van der Waals surface area contributed by atoms with Crippen molar-refractivity contribution in [2.75, 3.05) is 37.0 Å². The molecule has 0 saturated carbocycles. The molecule has 0 spiro atoms. The largest absolute Gasteiger partial charge is 0.479 e. The average molecular weight is 329 g/mol. The molecule has 2 aromatic rings. The van der Waals surface area contributed by atoms with E-state index < -0.39 is 0 Å². The number of carbonyl (C=O) groups is 2. The van der Waals surface area contributed by atoms with Gasteiger partial charge in [0.25, 0.3) is 5.91 Å². The Balaban J connectivity index is 1.85. The molecule has 3 rings (SSSR count). The predicted octanol–water partition coefficient (Wildman–Crippen LogP) is 0.617. The number of anilines is 2. The summed E-state index contributed by atoms with van der Waals surface area (Å²) >= 11 is 0. The van der Waals surface area contributed by atoms with E-state index in [0.717, 1.165) is 5.69 Å². The van der Waals surface area contributed by atoms with Gasteiger partial charge in [0.2, 0.25) is 11.8 Å². The molecule has 0 atom stereocenters. The topological polar surface area (TPSA) is 88.5 Å². The van der Waals surface area contributed by atoms with Crippen LogP contribution in [0.2, 0.25) is 0 Å². The average Bonchev–Trinajstić information content (AvgIpc) is 2.96. The van der Waals surface area contributed by atoms with Crippen LogP contribution in [0.5, 0.6) is 5.88 Å². The van der Waals surface area contributed by atoms with Gasteiger partial charge >= 0.3 is 0 Å². The zero-order chi connectivity index (χ0) is 17.1. The quantitative estimate of drug-likeness (QED) is 0.858. The summed E-state index contributed by atoms with van der Waals surface area (Å²) in [5, 5.41) is 9.76. The van der Waals surface area contributed by atoms with Crippen molar-refractivity contribution in [2.45, 2.75) is 0 Å². The van der Waals surface area contributed by atoms with Gasteiger partial charge in [0.1, 0.15) is 5.56 Å². The number of rotatable bonds is 4. The van der Waals surface area contributed by atoms with Crippen LogP contribution >= 0.6 is 0 Å². The maximum Gasteiger partial charge on any atom is 0.262 e. The lowest BCUT2D eigenvalue weighted by Crippen LogP contribution is -2.47. The van der Waals surface area contributed by atoms with Gasteiger partial charge in [-0.1, -0.05) is 12.1 Å². The van der Waals surface area contributed by atoms with E-state index in [9.17, 15) is 9.59 Å². The fourth-order valence-corrected chi connectivity index (χ4v) is 2.66. The Morgan fingerprint density at radius 3 is 2.92 bits per heavy atom. The van der Waals surface area contributed by atoms with Gasteiger partial charge in [-0.3, -0.25) is 14.3 Å². The summed E-state index contributed by atoms with van der Waals surface area (Å²) in [6.45, 7) is 1.54. The van der Waals surface area contributed by atoms with Crippen LogP contribution in [-0.2, 0) is 11.8 Å². The first kappa shape index (κ1) is 15.9. The van der Waals surface area contributed by atoms with Crippen molar-refractivity contribution in [3.05, 3.63) is 36.0 Å². The summed E-state index contributed by atoms with van der Waals surface area (Å²) in [6.07, 6.45) is 1.60. The second-order valence-electron chi connectivity index (χ2n) is 5.47. The van der Waals surface area contributed by atoms with E-state index in [-0.39, 0.29) is 24.2 Å². The number of benzene rings is 1. The Labute approximate surface area is 139 Å². The van der Waals surface area contributed by atoms with Gasteiger partial charge in [0.05, 0.1) is 25.0 Å². The van der Waals surface area contributed by atoms with E-state index in [0.29, 0.717) is 24.3 Å². The molecule has 8 heteroatoms. The fourth-order valence-electron chi connectivity index (χ4n) is 2.66. The molecule has 0 bridgehead atoms. The van der Waals surface area contributed by atoms with E-state index in [1.165, 1.54) is 11.8 Å². The molecular formula is C16H19N5O3. The van der Waals surface area contributed by atoms with Gasteiger partial charge in [-0.15, -0.1) is 5.10 Å². The maximum absolute atomic E-state index is 12.6. The van der Waals surface area contributed by atoms with Crippen molar-refractivity contribution in [1.82, 2.24) is 15.1 Å². The number of nitrogens with one attached hydrogen (secondary N) is 2. The Morgan fingerprint density at radius 1 is 1.38 bits per heavy atom. The van der Waals surface area contributed by atoms with Crippen LogP contribution < -0.4 is 20.3 Å². The SMILES string of the molecule is COc1nn(C)cc1C(=O)Nc1ccccc1N1CCNC(=O)C1. The second kappa shape index (κ2) is 6.61. The van der Waals surface area contributed by atoms with Gasteiger partial charge in [-0.2, -0.15) is 0 Å². The lowest BCUT2D eigenvalue weighted by molar-refractivity contribution is -0.120. The number of ether oxygens (including phenoxy) is 1. The highest BCUT2D eigenvalue weighted by Gasteiger charge is 2.21. The van der Waals surface area contributed by atoms with Crippen molar-refractivity contribution >= 4 is 23.2 Å². The summed E-state index contributed by atoms with van der Waals surface area (Å²) in [5.74, 6) is -0.0741. The standard InChI is InChI=1S/C16H19N5O3/c1-20-9-11(16(19-20)24-2)15(23)18-12-5-3-4-6-13(12)21-8-7-17-14(22)10-21/h3-6,9H,7-8,10H2,1-2H3,(H,17,22)(H,18,23). The van der Waals surface area contributed by atoms with Gasteiger partial charge in [0, 0.05) is 26.3 Å². The van der Waals surface area contributed by atoms with E-state index in [1.807, 2.05) is 29.2 Å². The third-order valence-electron chi connectivity index (χ3n) is 3.76. The minimum Gasteiger partial charge on any atom is -0.479 e. The number of aryl methyl sites for hydroxylation is 1. The number of aromatic nitrogens is 2. The van der Waals surface area contributed by atoms with Crippen LogP contribution in [-0.4, -0.2) is 48.3 Å². The normalized spacial score (nSPS) is 14.2. The monoisotopic (exact) mass is 329 g/mol. The highest BCUT2D eigenvalue weighted by molar-refractivity contribution is 6.07. The number of hydrogen-bond acceptors (Lipinski definition) is 5. The smallest absolute Gasteiger partial charge is 0.262 e. The Kier molecular flexibility index (Phi) is 4.37. The lowest BCUT2D eigenvalue weighted by atomic mass is 10.2. The molecule has 0 unspecified atom stereocenters. The van der Waals surface area contributed by atoms with Gasteiger partial charge in [0.15, 0.2) is 0 Å². The lowest BCUT2D eigenvalue weighted by Gasteiger charge is -2.30. The van der Waals surface area contributed by atoms with Crippen molar-refractivity contribution in [3.63, 3.8) is 0 Å². The van der Waals surface area contributed by atoms with Crippen molar-refractivity contribution in [3.8, 4) is 5.88 Å². The van der Waals surface area contributed by atoms with E-state index >= 15 is 0 Å². The van der Waals surface area contributed by atoms with E-state index in [1.54, 1.807) is 13.2 Å². The number of hydrogen-bond donors (Lipinski definition) is 2. The molecule has 0 radical (unpaired) electrons. The highest BCUT2D eigenvalue weighted by Crippen LogP contribution is 2.27. The van der Waals surface area contributed by atoms with Crippen molar-refractivity contribution < 1.29 is 14.3 Å². The summed E-state index contributed by atoms with van der Waals surface area (Å²) in [7, 11) is 3.19. The maximum atomic E-state index is 12.6. The van der Waals surface area contributed by atoms with Crippen LogP contribution in [0.15, 0.2) is 30.5 Å². The second-order valence-corrected chi connectivity index (χ2v) is 5.47. The van der Waals surface area contributed by atoms with Crippen LogP contribution in [0.1, 0.15) is 10.4 Å². The van der Waals surface area contributed by atoms with Gasteiger partial charge < -0.3 is 20.3 Å². The molecule has 2 amide bonds. The van der Waals surface area contributed by atoms with Crippen LogP contribution in [0.4, 0.5) is 11.4 Å². The molecule has 8 nitrogen and oxygen atoms in total. The zero-order valence-electron chi connectivity index (χ0n) is 13.6. The van der Waals surface area contributed by atoms with E-state index in [2.05, 4.69) is 15.7 Å². The minimum absolute atomic E-state index is 0.0312. The number of piperazine rings is 1. The summed E-state index contributed by atoms with van der Waals surface area (Å²) < 4.78 is 6.65. The molecule has 24 heavy (non-hydrogen) atoms. The molecular weight excluding hydrogens is 310 g/mol. The Hall–Kier alpha value is -3.03. The minimum atomic E-state index is -0.311. The molecule has 126 valence electrons. The molecule has 1 aromatic heterocycles. The first-order valence-corrected chi connectivity index (χ1v) is 7.58.